The molecular formula is C11H21NO. The number of hydrogen-bond donors (Lipinski definition) is 1. The van der Waals surface area contributed by atoms with Crippen molar-refractivity contribution in [2.45, 2.75) is 33.6 Å². The first-order valence-corrected chi connectivity index (χ1v) is 4.86. The molecule has 0 spiro atoms. The molecule has 0 aromatic heterocycles. The monoisotopic (exact) mass is 183 g/mol. The fourth-order valence-electron chi connectivity index (χ4n) is 1.37. The number of ketones is 1. The second kappa shape index (κ2) is 5.92. The zero-order valence-corrected chi connectivity index (χ0v) is 8.97. The third-order valence-corrected chi connectivity index (χ3v) is 2.09. The first-order valence-electron chi connectivity index (χ1n) is 4.86. The lowest BCUT2D eigenvalue weighted by atomic mass is 9.91. The molecule has 1 unspecified atom stereocenters. The summed E-state index contributed by atoms with van der Waals surface area (Å²) in [7, 11) is 0. The van der Waals surface area contributed by atoms with Crippen molar-refractivity contribution < 1.29 is 4.79 Å². The van der Waals surface area contributed by atoms with Crippen molar-refractivity contribution in [1.29, 1.82) is 0 Å². The van der Waals surface area contributed by atoms with Crippen molar-refractivity contribution in [3.8, 4) is 0 Å². The van der Waals surface area contributed by atoms with Crippen LogP contribution in [0.1, 0.15) is 33.6 Å². The molecule has 0 amide bonds. The number of nitrogens with two attached hydrogens (primary N) is 1. The van der Waals surface area contributed by atoms with Crippen LogP contribution in [0.15, 0.2) is 12.2 Å². The van der Waals surface area contributed by atoms with Crippen LogP contribution in [0.4, 0.5) is 0 Å². The Hall–Kier alpha value is -0.630. The predicted molar refractivity (Wildman–Crippen MR) is 56.4 cm³/mol. The lowest BCUT2D eigenvalue weighted by molar-refractivity contribution is -0.116. The van der Waals surface area contributed by atoms with Gasteiger partial charge in [-0.05, 0) is 37.3 Å². The highest BCUT2D eigenvalue weighted by Gasteiger charge is 2.13. The van der Waals surface area contributed by atoms with Gasteiger partial charge in [-0.3, -0.25) is 4.79 Å². The Morgan fingerprint density at radius 3 is 2.31 bits per heavy atom. The minimum absolute atomic E-state index is 0.149. The highest BCUT2D eigenvalue weighted by molar-refractivity contribution is 5.94. The van der Waals surface area contributed by atoms with E-state index in [1.165, 1.54) is 0 Å². The van der Waals surface area contributed by atoms with Crippen molar-refractivity contribution in [2.75, 3.05) is 6.54 Å². The minimum Gasteiger partial charge on any atom is -0.330 e. The fourth-order valence-corrected chi connectivity index (χ4v) is 1.37. The molecule has 0 fully saturated rings. The molecule has 0 radical (unpaired) electrons. The fraction of sp³-hybridized carbons (Fsp3) is 0.727. The van der Waals surface area contributed by atoms with Gasteiger partial charge < -0.3 is 5.73 Å². The van der Waals surface area contributed by atoms with Crippen molar-refractivity contribution >= 4 is 5.78 Å². The van der Waals surface area contributed by atoms with Gasteiger partial charge in [0.2, 0.25) is 0 Å². The Kier molecular flexibility index (Phi) is 5.63. The van der Waals surface area contributed by atoms with E-state index in [4.69, 9.17) is 5.73 Å². The molecule has 76 valence electrons. The number of carbonyl (C=O) groups excluding carboxylic acids is 1. The summed E-state index contributed by atoms with van der Waals surface area (Å²) in [6.07, 6.45) is 1.58. The van der Waals surface area contributed by atoms with Crippen molar-refractivity contribution in [3.63, 3.8) is 0 Å². The van der Waals surface area contributed by atoms with E-state index in [2.05, 4.69) is 20.4 Å². The van der Waals surface area contributed by atoms with E-state index in [1.54, 1.807) is 6.92 Å². The Balaban J connectivity index is 3.97. The maximum absolute atomic E-state index is 11.3. The predicted octanol–water partition coefficient (Wildman–Crippen LogP) is 2.14. The van der Waals surface area contributed by atoms with Gasteiger partial charge in [0, 0.05) is 6.42 Å². The zero-order valence-electron chi connectivity index (χ0n) is 8.97. The van der Waals surface area contributed by atoms with Crippen LogP contribution in [-0.2, 0) is 4.79 Å². The van der Waals surface area contributed by atoms with Gasteiger partial charge >= 0.3 is 0 Å². The number of Topliss-reactive ketones (excluding diaryl/α,β-unsaturated/α-hetero) is 1. The smallest absolute Gasteiger partial charge is 0.158 e. The van der Waals surface area contributed by atoms with Crippen LogP contribution in [0.3, 0.4) is 0 Å². The topological polar surface area (TPSA) is 43.1 Å². The average Bonchev–Trinajstić information content (AvgIpc) is 2.02. The van der Waals surface area contributed by atoms with Crippen molar-refractivity contribution in [3.05, 3.63) is 12.2 Å². The Labute approximate surface area is 81.2 Å². The first kappa shape index (κ1) is 12.4. The summed E-state index contributed by atoms with van der Waals surface area (Å²) in [4.78, 5) is 11.3. The van der Waals surface area contributed by atoms with Gasteiger partial charge in [0.25, 0.3) is 0 Å². The second-order valence-electron chi connectivity index (χ2n) is 4.14. The van der Waals surface area contributed by atoms with E-state index in [0.29, 0.717) is 30.4 Å². The summed E-state index contributed by atoms with van der Waals surface area (Å²) in [5.74, 6) is 1.08. The summed E-state index contributed by atoms with van der Waals surface area (Å²) in [5.41, 5.74) is 6.23. The summed E-state index contributed by atoms with van der Waals surface area (Å²) >= 11 is 0. The number of rotatable bonds is 6. The summed E-state index contributed by atoms with van der Waals surface area (Å²) in [6.45, 7) is 10.3. The molecule has 0 heterocycles. The van der Waals surface area contributed by atoms with Gasteiger partial charge in [-0.15, -0.1) is 0 Å². The number of carbonyl (C=O) groups is 1. The molecule has 13 heavy (non-hydrogen) atoms. The SMILES string of the molecule is C=C(C)C(=O)CC(CN)CC(C)C. The molecular weight excluding hydrogens is 162 g/mol. The van der Waals surface area contributed by atoms with E-state index in [9.17, 15) is 4.79 Å². The van der Waals surface area contributed by atoms with E-state index in [-0.39, 0.29) is 5.78 Å². The van der Waals surface area contributed by atoms with E-state index in [0.717, 1.165) is 6.42 Å². The molecule has 0 saturated heterocycles. The van der Waals surface area contributed by atoms with Gasteiger partial charge in [-0.25, -0.2) is 0 Å². The normalized spacial score (nSPS) is 13.0. The van der Waals surface area contributed by atoms with Crippen LogP contribution in [0, 0.1) is 11.8 Å². The molecule has 2 nitrogen and oxygen atoms in total. The molecule has 0 aliphatic heterocycles. The molecule has 1 atom stereocenters. The molecule has 0 bridgehead atoms. The molecule has 0 saturated carbocycles. The van der Waals surface area contributed by atoms with Crippen LogP contribution in [0.2, 0.25) is 0 Å². The first-order chi connectivity index (χ1) is 5.97. The number of allylic oxidation sites excluding steroid dienone is 1. The van der Waals surface area contributed by atoms with Gasteiger partial charge in [0.1, 0.15) is 0 Å². The van der Waals surface area contributed by atoms with Gasteiger partial charge in [-0.1, -0.05) is 20.4 Å². The molecule has 0 aromatic rings. The number of hydrogen-bond acceptors (Lipinski definition) is 2. The van der Waals surface area contributed by atoms with Gasteiger partial charge in [-0.2, -0.15) is 0 Å². The molecule has 0 aliphatic carbocycles. The Morgan fingerprint density at radius 1 is 1.46 bits per heavy atom. The Morgan fingerprint density at radius 2 is 2.00 bits per heavy atom. The summed E-state index contributed by atoms with van der Waals surface area (Å²) in [5, 5.41) is 0. The quantitative estimate of drug-likeness (QED) is 0.641. The maximum atomic E-state index is 11.3. The van der Waals surface area contributed by atoms with Gasteiger partial charge in [0.05, 0.1) is 0 Å². The molecule has 0 rings (SSSR count). The molecule has 2 heteroatoms. The van der Waals surface area contributed by atoms with E-state index < -0.39 is 0 Å². The van der Waals surface area contributed by atoms with Crippen molar-refractivity contribution in [1.82, 2.24) is 0 Å². The highest BCUT2D eigenvalue weighted by Crippen LogP contribution is 2.15. The van der Waals surface area contributed by atoms with Crippen LogP contribution < -0.4 is 5.73 Å². The van der Waals surface area contributed by atoms with Crippen LogP contribution in [0.5, 0.6) is 0 Å². The minimum atomic E-state index is 0.149. The molecule has 0 aliphatic rings. The third-order valence-electron chi connectivity index (χ3n) is 2.09. The highest BCUT2D eigenvalue weighted by atomic mass is 16.1. The summed E-state index contributed by atoms with van der Waals surface area (Å²) < 4.78 is 0. The van der Waals surface area contributed by atoms with Crippen molar-refractivity contribution in [2.24, 2.45) is 17.6 Å². The Bertz CT molecular complexity index is 185. The van der Waals surface area contributed by atoms with Crippen LogP contribution in [-0.4, -0.2) is 12.3 Å². The van der Waals surface area contributed by atoms with Crippen LogP contribution >= 0.6 is 0 Å². The maximum Gasteiger partial charge on any atom is 0.158 e. The standard InChI is InChI=1S/C11H21NO/c1-8(2)5-10(7-12)6-11(13)9(3)4/h8,10H,3,5-7,12H2,1-2,4H3. The zero-order chi connectivity index (χ0) is 10.4. The molecule has 2 N–H and O–H groups in total. The second-order valence-corrected chi connectivity index (χ2v) is 4.14. The summed E-state index contributed by atoms with van der Waals surface area (Å²) in [6, 6.07) is 0. The lowest BCUT2D eigenvalue weighted by Gasteiger charge is -2.15. The largest absolute Gasteiger partial charge is 0.330 e. The van der Waals surface area contributed by atoms with Gasteiger partial charge in [0.15, 0.2) is 5.78 Å². The molecule has 0 aromatic carbocycles. The van der Waals surface area contributed by atoms with E-state index in [1.807, 2.05) is 0 Å². The third kappa shape index (κ3) is 5.58. The lowest BCUT2D eigenvalue weighted by Crippen LogP contribution is -2.20. The average molecular weight is 183 g/mol. The van der Waals surface area contributed by atoms with Crippen LogP contribution in [0.25, 0.3) is 0 Å². The van der Waals surface area contributed by atoms with E-state index >= 15 is 0 Å².